The summed E-state index contributed by atoms with van der Waals surface area (Å²) in [6.45, 7) is 2.16. The summed E-state index contributed by atoms with van der Waals surface area (Å²) in [4.78, 5) is 0. The molecule has 2 nitrogen and oxygen atoms in total. The van der Waals surface area contributed by atoms with Crippen molar-refractivity contribution in [2.45, 2.75) is 25.7 Å². The molecule has 11 heavy (non-hydrogen) atoms. The van der Waals surface area contributed by atoms with Crippen molar-refractivity contribution in [3.8, 4) is 0 Å². The molecule has 0 aromatic rings. The predicted octanol–water partition coefficient (Wildman–Crippen LogP) is 1.20. The maximum Gasteiger partial charge on any atom is 0.0178 e. The van der Waals surface area contributed by atoms with Gasteiger partial charge in [0.15, 0.2) is 0 Å². The standard InChI is InChI=1S/C7H14N2S2/c10-7(11)8-9-5-3-1-2-4-6-9/h1-6H2,(H2,8,10,11)/p-1. The highest BCUT2D eigenvalue weighted by atomic mass is 32.1. The van der Waals surface area contributed by atoms with Gasteiger partial charge in [0.2, 0.25) is 0 Å². The zero-order valence-electron chi connectivity index (χ0n) is 6.51. The third-order valence-electron chi connectivity index (χ3n) is 1.86. The van der Waals surface area contributed by atoms with E-state index in [1.54, 1.807) is 0 Å². The van der Waals surface area contributed by atoms with E-state index in [4.69, 9.17) is 24.8 Å². The Bertz CT molecular complexity index is 130. The molecule has 0 atom stereocenters. The lowest BCUT2D eigenvalue weighted by Crippen LogP contribution is -2.40. The van der Waals surface area contributed by atoms with Crippen LogP contribution in [0.5, 0.6) is 0 Å². The van der Waals surface area contributed by atoms with E-state index in [-0.39, 0.29) is 0 Å². The molecule has 0 unspecified atom stereocenters. The molecule has 0 radical (unpaired) electrons. The molecule has 1 fully saturated rings. The molecule has 64 valence electrons. The van der Waals surface area contributed by atoms with Crippen LogP contribution in [-0.4, -0.2) is 22.4 Å². The van der Waals surface area contributed by atoms with Gasteiger partial charge in [-0.3, -0.25) is 0 Å². The van der Waals surface area contributed by atoms with Gasteiger partial charge in [0.25, 0.3) is 0 Å². The zero-order chi connectivity index (χ0) is 8.10. The van der Waals surface area contributed by atoms with Crippen molar-refractivity contribution in [1.29, 1.82) is 0 Å². The van der Waals surface area contributed by atoms with Crippen LogP contribution in [0.2, 0.25) is 0 Å². The van der Waals surface area contributed by atoms with Gasteiger partial charge in [0.1, 0.15) is 0 Å². The Labute approximate surface area is 78.7 Å². The predicted molar refractivity (Wildman–Crippen MR) is 53.1 cm³/mol. The van der Waals surface area contributed by atoms with Gasteiger partial charge < -0.3 is 30.3 Å². The molecule has 4 heteroatoms. The molecule has 0 spiro atoms. The third-order valence-corrected chi connectivity index (χ3v) is 2.04. The average molecular weight is 189 g/mol. The van der Waals surface area contributed by atoms with Gasteiger partial charge in [-0.25, -0.2) is 5.01 Å². The smallest absolute Gasteiger partial charge is 0.0178 e. The van der Waals surface area contributed by atoms with E-state index in [0.717, 1.165) is 13.1 Å². The first-order valence-corrected chi connectivity index (χ1v) is 4.83. The molecule has 1 N–H and O–H groups in total. The summed E-state index contributed by atoms with van der Waals surface area (Å²) in [5.41, 5.74) is 3.00. The second-order valence-electron chi connectivity index (χ2n) is 2.80. The number of thiocarbonyl (C=S) groups is 1. The summed E-state index contributed by atoms with van der Waals surface area (Å²) in [7, 11) is 0. The second kappa shape index (κ2) is 4.85. The summed E-state index contributed by atoms with van der Waals surface area (Å²) in [6.07, 6.45) is 5.18. The lowest BCUT2D eigenvalue weighted by atomic mass is 10.2. The largest absolute Gasteiger partial charge is 0.410 e. The van der Waals surface area contributed by atoms with E-state index < -0.39 is 0 Å². The van der Waals surface area contributed by atoms with E-state index in [1.165, 1.54) is 25.7 Å². The number of nitrogens with one attached hydrogen (secondary N) is 1. The summed E-state index contributed by atoms with van der Waals surface area (Å²) < 4.78 is 0.465. The zero-order valence-corrected chi connectivity index (χ0v) is 8.14. The van der Waals surface area contributed by atoms with Crippen molar-refractivity contribution in [1.82, 2.24) is 10.4 Å². The fourth-order valence-electron chi connectivity index (χ4n) is 1.31. The average Bonchev–Trinajstić information content (AvgIpc) is 2.14. The van der Waals surface area contributed by atoms with Gasteiger partial charge in [-0.15, -0.1) is 0 Å². The third kappa shape index (κ3) is 3.84. The molecule has 1 saturated heterocycles. The Hall–Kier alpha value is 0.0700. The fraction of sp³-hybridized carbons (Fsp3) is 0.857. The van der Waals surface area contributed by atoms with Crippen molar-refractivity contribution < 1.29 is 0 Å². The lowest BCUT2D eigenvalue weighted by molar-refractivity contribution is 0.249. The molecule has 1 rings (SSSR count). The first-order chi connectivity index (χ1) is 5.29. The van der Waals surface area contributed by atoms with Crippen LogP contribution in [0.1, 0.15) is 25.7 Å². The number of hydrazine groups is 1. The quantitative estimate of drug-likeness (QED) is 0.492. The topological polar surface area (TPSA) is 15.3 Å². The van der Waals surface area contributed by atoms with Crippen molar-refractivity contribution in [2.75, 3.05) is 13.1 Å². The van der Waals surface area contributed by atoms with Gasteiger partial charge in [-0.1, -0.05) is 12.8 Å². The normalized spacial score (nSPS) is 20.7. The summed E-state index contributed by atoms with van der Waals surface area (Å²) in [5, 5.41) is 2.13. The lowest BCUT2D eigenvalue weighted by Gasteiger charge is -2.24. The summed E-state index contributed by atoms with van der Waals surface area (Å²) in [6, 6.07) is 0. The Morgan fingerprint density at radius 3 is 2.18 bits per heavy atom. The van der Waals surface area contributed by atoms with Gasteiger partial charge in [-0.2, -0.15) is 0 Å². The first-order valence-electron chi connectivity index (χ1n) is 4.01. The SMILES string of the molecule is S=C([S-])NN1CCCCCC1. The van der Waals surface area contributed by atoms with Crippen LogP contribution in [0, 0.1) is 0 Å². The fourth-order valence-corrected chi connectivity index (χ4v) is 1.57. The van der Waals surface area contributed by atoms with Crippen LogP contribution in [-0.2, 0) is 12.6 Å². The van der Waals surface area contributed by atoms with Crippen LogP contribution in [0.4, 0.5) is 0 Å². The number of hydrogen-bond donors (Lipinski definition) is 1. The second-order valence-corrected chi connectivity index (χ2v) is 3.88. The minimum Gasteiger partial charge on any atom is -0.410 e. The van der Waals surface area contributed by atoms with Crippen molar-refractivity contribution in [3.05, 3.63) is 0 Å². The first kappa shape index (κ1) is 9.16. The van der Waals surface area contributed by atoms with E-state index >= 15 is 0 Å². The Kier molecular flexibility index (Phi) is 4.04. The number of rotatable bonds is 1. The Morgan fingerprint density at radius 2 is 1.73 bits per heavy atom. The Balaban J connectivity index is 2.25. The molecule has 1 heterocycles. The molecule has 0 aliphatic carbocycles. The van der Waals surface area contributed by atoms with E-state index in [1.807, 2.05) is 0 Å². The molecule has 0 bridgehead atoms. The molecular formula is C7H13N2S2-. The summed E-state index contributed by atoms with van der Waals surface area (Å²) in [5.74, 6) is 0. The number of nitrogens with zero attached hydrogens (tertiary/aromatic N) is 1. The minimum absolute atomic E-state index is 0.465. The van der Waals surface area contributed by atoms with Gasteiger partial charge in [0, 0.05) is 13.1 Å². The highest BCUT2D eigenvalue weighted by Gasteiger charge is 2.05. The van der Waals surface area contributed by atoms with Crippen LogP contribution in [0.3, 0.4) is 0 Å². The molecule has 0 amide bonds. The van der Waals surface area contributed by atoms with Crippen LogP contribution < -0.4 is 5.43 Å². The van der Waals surface area contributed by atoms with E-state index in [9.17, 15) is 0 Å². The van der Waals surface area contributed by atoms with E-state index in [2.05, 4.69) is 10.4 Å². The Morgan fingerprint density at radius 1 is 1.18 bits per heavy atom. The molecular weight excluding hydrogens is 176 g/mol. The monoisotopic (exact) mass is 189 g/mol. The molecule has 1 aliphatic rings. The van der Waals surface area contributed by atoms with Crippen LogP contribution in [0.15, 0.2) is 0 Å². The highest BCUT2D eigenvalue weighted by Crippen LogP contribution is 2.07. The molecule has 1 aliphatic heterocycles. The van der Waals surface area contributed by atoms with Crippen molar-refractivity contribution in [3.63, 3.8) is 0 Å². The maximum atomic E-state index is 4.78. The maximum absolute atomic E-state index is 4.78. The van der Waals surface area contributed by atoms with Crippen molar-refractivity contribution in [2.24, 2.45) is 0 Å². The van der Waals surface area contributed by atoms with Gasteiger partial charge in [-0.05, 0) is 17.2 Å². The summed E-state index contributed by atoms with van der Waals surface area (Å²) >= 11 is 9.57. The van der Waals surface area contributed by atoms with Gasteiger partial charge in [0.05, 0.1) is 0 Å². The number of hydrogen-bond acceptors (Lipinski definition) is 3. The highest BCUT2D eigenvalue weighted by molar-refractivity contribution is 8.00. The minimum atomic E-state index is 0.465. The molecule has 0 aromatic heterocycles. The van der Waals surface area contributed by atoms with Crippen molar-refractivity contribution >= 4 is 29.2 Å². The van der Waals surface area contributed by atoms with Gasteiger partial charge >= 0.3 is 0 Å². The van der Waals surface area contributed by atoms with E-state index in [0.29, 0.717) is 4.32 Å². The molecule has 0 saturated carbocycles. The van der Waals surface area contributed by atoms with Crippen LogP contribution >= 0.6 is 12.2 Å². The molecule has 0 aromatic carbocycles. The van der Waals surface area contributed by atoms with Crippen LogP contribution in [0.25, 0.3) is 0 Å².